The fraction of sp³-hybridized carbons (Fsp3) is 0.133. The molecule has 2 nitrogen and oxygen atoms in total. The Balaban J connectivity index is 2.32. The first-order valence-corrected chi connectivity index (χ1v) is 6.25. The van der Waals surface area contributed by atoms with E-state index in [2.05, 4.69) is 36.2 Å². The number of rotatable bonds is 1. The molecule has 2 heterocycles. The number of halogens is 1. The summed E-state index contributed by atoms with van der Waals surface area (Å²) in [7, 11) is 0. The predicted molar refractivity (Wildman–Crippen MR) is 75.1 cm³/mol. The Morgan fingerprint density at radius 3 is 2.50 bits per heavy atom. The Morgan fingerprint density at radius 1 is 1.06 bits per heavy atom. The molecule has 0 N–H and O–H groups in total. The quantitative estimate of drug-likeness (QED) is 0.636. The molecule has 1 aromatic carbocycles. The molecule has 0 atom stereocenters. The topological polar surface area (TPSA) is 17.3 Å². The van der Waals surface area contributed by atoms with Crippen LogP contribution in [0.25, 0.3) is 16.9 Å². The van der Waals surface area contributed by atoms with Gasteiger partial charge in [0.05, 0.1) is 5.69 Å². The SMILES string of the molecule is Cc1ccc(-c2c(Cl)nc3c(C)cccn23)cc1. The highest BCUT2D eigenvalue weighted by molar-refractivity contribution is 6.32. The van der Waals surface area contributed by atoms with Crippen molar-refractivity contribution < 1.29 is 0 Å². The van der Waals surface area contributed by atoms with Crippen molar-refractivity contribution in [3.8, 4) is 11.3 Å². The molecule has 90 valence electrons. The minimum Gasteiger partial charge on any atom is -0.298 e. The van der Waals surface area contributed by atoms with E-state index in [0.29, 0.717) is 5.15 Å². The molecular formula is C15H13ClN2. The van der Waals surface area contributed by atoms with Crippen molar-refractivity contribution in [1.82, 2.24) is 9.38 Å². The number of hydrogen-bond acceptors (Lipinski definition) is 1. The van der Waals surface area contributed by atoms with Crippen molar-refractivity contribution in [2.45, 2.75) is 13.8 Å². The van der Waals surface area contributed by atoms with Crippen LogP contribution in [0.15, 0.2) is 42.6 Å². The third-order valence-electron chi connectivity index (χ3n) is 3.13. The summed E-state index contributed by atoms with van der Waals surface area (Å²) in [5, 5.41) is 0.549. The third-order valence-corrected chi connectivity index (χ3v) is 3.39. The maximum Gasteiger partial charge on any atom is 0.156 e. The van der Waals surface area contributed by atoms with Crippen LogP contribution >= 0.6 is 11.6 Å². The largest absolute Gasteiger partial charge is 0.298 e. The molecular weight excluding hydrogens is 244 g/mol. The van der Waals surface area contributed by atoms with Crippen LogP contribution in [0.4, 0.5) is 0 Å². The van der Waals surface area contributed by atoms with E-state index in [1.807, 2.05) is 29.7 Å². The Labute approximate surface area is 111 Å². The summed E-state index contributed by atoms with van der Waals surface area (Å²) in [5.41, 5.74) is 5.31. The van der Waals surface area contributed by atoms with Crippen molar-refractivity contribution in [2.24, 2.45) is 0 Å². The second kappa shape index (κ2) is 4.14. The number of hydrogen-bond donors (Lipinski definition) is 0. The van der Waals surface area contributed by atoms with Gasteiger partial charge in [0.25, 0.3) is 0 Å². The van der Waals surface area contributed by atoms with Gasteiger partial charge in [-0.15, -0.1) is 0 Å². The molecule has 0 aliphatic carbocycles. The summed E-state index contributed by atoms with van der Waals surface area (Å²) >= 11 is 6.28. The van der Waals surface area contributed by atoms with E-state index in [9.17, 15) is 0 Å². The van der Waals surface area contributed by atoms with E-state index >= 15 is 0 Å². The van der Waals surface area contributed by atoms with Gasteiger partial charge in [-0.2, -0.15) is 0 Å². The molecule has 3 rings (SSSR count). The monoisotopic (exact) mass is 256 g/mol. The van der Waals surface area contributed by atoms with Crippen LogP contribution in [-0.2, 0) is 0 Å². The van der Waals surface area contributed by atoms with Gasteiger partial charge in [-0.1, -0.05) is 47.5 Å². The van der Waals surface area contributed by atoms with Crippen LogP contribution < -0.4 is 0 Å². The molecule has 3 aromatic rings. The third kappa shape index (κ3) is 1.70. The molecule has 18 heavy (non-hydrogen) atoms. The normalized spacial score (nSPS) is 11.1. The lowest BCUT2D eigenvalue weighted by atomic mass is 10.1. The highest BCUT2D eigenvalue weighted by Crippen LogP contribution is 2.29. The van der Waals surface area contributed by atoms with E-state index < -0.39 is 0 Å². The number of pyridine rings is 1. The van der Waals surface area contributed by atoms with Crippen molar-refractivity contribution in [2.75, 3.05) is 0 Å². The van der Waals surface area contributed by atoms with Gasteiger partial charge in [0.15, 0.2) is 5.15 Å². The molecule has 0 saturated heterocycles. The van der Waals surface area contributed by atoms with E-state index in [1.54, 1.807) is 0 Å². The summed E-state index contributed by atoms with van der Waals surface area (Å²) in [6.07, 6.45) is 2.00. The molecule has 0 aliphatic heterocycles. The summed E-state index contributed by atoms with van der Waals surface area (Å²) in [6.45, 7) is 4.11. The second-order valence-corrected chi connectivity index (χ2v) is 4.86. The summed E-state index contributed by atoms with van der Waals surface area (Å²) in [4.78, 5) is 4.44. The molecule has 0 aliphatic rings. The number of benzene rings is 1. The highest BCUT2D eigenvalue weighted by atomic mass is 35.5. The first kappa shape index (κ1) is 11.3. The molecule has 0 unspecified atom stereocenters. The Kier molecular flexibility index (Phi) is 2.60. The van der Waals surface area contributed by atoms with Gasteiger partial charge in [0.1, 0.15) is 5.65 Å². The van der Waals surface area contributed by atoms with E-state index in [0.717, 1.165) is 22.5 Å². The Hall–Kier alpha value is -1.80. The zero-order valence-electron chi connectivity index (χ0n) is 10.3. The molecule has 0 bridgehead atoms. The van der Waals surface area contributed by atoms with Gasteiger partial charge in [-0.05, 0) is 25.5 Å². The smallest absolute Gasteiger partial charge is 0.156 e. The average Bonchev–Trinajstić information content (AvgIpc) is 2.69. The molecule has 0 saturated carbocycles. The first-order valence-electron chi connectivity index (χ1n) is 5.87. The molecule has 3 heteroatoms. The number of aromatic nitrogens is 2. The van der Waals surface area contributed by atoms with E-state index in [1.165, 1.54) is 5.56 Å². The molecule has 0 fully saturated rings. The van der Waals surface area contributed by atoms with Gasteiger partial charge >= 0.3 is 0 Å². The minimum absolute atomic E-state index is 0.549. The zero-order chi connectivity index (χ0) is 12.7. The lowest BCUT2D eigenvalue weighted by Gasteiger charge is -2.04. The van der Waals surface area contributed by atoms with Crippen LogP contribution in [0.5, 0.6) is 0 Å². The summed E-state index contributed by atoms with van der Waals surface area (Å²) in [5.74, 6) is 0. The van der Waals surface area contributed by atoms with E-state index in [-0.39, 0.29) is 0 Å². The van der Waals surface area contributed by atoms with Gasteiger partial charge in [0, 0.05) is 11.8 Å². The molecule has 0 amide bonds. The molecule has 0 radical (unpaired) electrons. The Bertz CT molecular complexity index is 711. The number of aryl methyl sites for hydroxylation is 2. The average molecular weight is 257 g/mol. The van der Waals surface area contributed by atoms with Crippen molar-refractivity contribution in [1.29, 1.82) is 0 Å². The summed E-state index contributed by atoms with van der Waals surface area (Å²) in [6, 6.07) is 12.4. The number of nitrogens with zero attached hydrogens (tertiary/aromatic N) is 2. The number of fused-ring (bicyclic) bond motifs is 1. The molecule has 0 spiro atoms. The Morgan fingerprint density at radius 2 is 1.78 bits per heavy atom. The van der Waals surface area contributed by atoms with Crippen molar-refractivity contribution >= 4 is 17.2 Å². The maximum atomic E-state index is 6.28. The van der Waals surface area contributed by atoms with Crippen LogP contribution in [0.3, 0.4) is 0 Å². The van der Waals surface area contributed by atoms with Crippen LogP contribution in [0.1, 0.15) is 11.1 Å². The van der Waals surface area contributed by atoms with Gasteiger partial charge < -0.3 is 0 Å². The van der Waals surface area contributed by atoms with Crippen LogP contribution in [0.2, 0.25) is 5.15 Å². The lowest BCUT2D eigenvalue weighted by molar-refractivity contribution is 1.17. The zero-order valence-corrected chi connectivity index (χ0v) is 11.1. The fourth-order valence-corrected chi connectivity index (χ4v) is 2.43. The lowest BCUT2D eigenvalue weighted by Crippen LogP contribution is -1.89. The van der Waals surface area contributed by atoms with Gasteiger partial charge in [0.2, 0.25) is 0 Å². The first-order chi connectivity index (χ1) is 8.66. The maximum absolute atomic E-state index is 6.28. The van der Waals surface area contributed by atoms with Crippen molar-refractivity contribution in [3.63, 3.8) is 0 Å². The predicted octanol–water partition coefficient (Wildman–Crippen LogP) is 4.27. The van der Waals surface area contributed by atoms with Crippen LogP contribution in [0, 0.1) is 13.8 Å². The second-order valence-electron chi connectivity index (χ2n) is 4.50. The fourth-order valence-electron chi connectivity index (χ4n) is 2.15. The van der Waals surface area contributed by atoms with E-state index in [4.69, 9.17) is 11.6 Å². The highest BCUT2D eigenvalue weighted by Gasteiger charge is 2.13. The summed E-state index contributed by atoms with van der Waals surface area (Å²) < 4.78 is 2.04. The standard InChI is InChI=1S/C15H13ClN2/c1-10-5-7-12(8-6-10)13-14(16)17-15-11(2)4-3-9-18(13)15/h3-9H,1-2H3. The number of imidazole rings is 1. The van der Waals surface area contributed by atoms with Gasteiger partial charge in [-0.3, -0.25) is 4.40 Å². The molecule has 2 aromatic heterocycles. The van der Waals surface area contributed by atoms with Gasteiger partial charge in [-0.25, -0.2) is 4.98 Å². The van der Waals surface area contributed by atoms with Crippen LogP contribution in [-0.4, -0.2) is 9.38 Å². The van der Waals surface area contributed by atoms with Crippen molar-refractivity contribution in [3.05, 3.63) is 58.9 Å². The minimum atomic E-state index is 0.549.